The number of amides is 2. The smallest absolute Gasteiger partial charge is 0.471 e. The second-order valence-corrected chi connectivity index (χ2v) is 29.7. The number of carbonyl (C=O) groups is 2. The summed E-state index contributed by atoms with van der Waals surface area (Å²) in [6.45, 7) is 20.7. The molecule has 22 heteroatoms. The molecule has 0 aromatic rings. The number of unbranched alkanes of at least 4 members (excludes halogenated alkanes) is 30. The number of rotatable bonds is 70. The zero-order chi connectivity index (χ0) is 78.2. The lowest BCUT2D eigenvalue weighted by atomic mass is 9.96. The van der Waals surface area contributed by atoms with Crippen molar-refractivity contribution in [2.24, 2.45) is 0 Å². The Labute approximate surface area is 652 Å². The van der Waals surface area contributed by atoms with Crippen LogP contribution in [0.2, 0.25) is 0 Å². The van der Waals surface area contributed by atoms with Crippen molar-refractivity contribution in [3.05, 3.63) is 74.3 Å². The average Bonchev–Trinajstić information content (AvgIpc) is 0.789. The fourth-order valence-electron chi connectivity index (χ4n) is 12.9. The molecule has 0 saturated carbocycles. The van der Waals surface area contributed by atoms with E-state index in [0.29, 0.717) is 32.3 Å². The molecule has 2 rings (SSSR count). The van der Waals surface area contributed by atoms with E-state index in [1.165, 1.54) is 186 Å². The number of hydrogen-bond acceptors (Lipinski definition) is 19. The fraction of sp³-hybridized carbons (Fsp3) is 0.835. The van der Waals surface area contributed by atoms with Crippen molar-refractivity contribution in [3.8, 4) is 0 Å². The Morgan fingerprint density at radius 1 is 0.467 bits per heavy atom. The number of aliphatic hydroxyl groups is 1. The topological polar surface area (TPSA) is 256 Å². The van der Waals surface area contributed by atoms with Crippen LogP contribution in [0.25, 0.3) is 0 Å². The summed E-state index contributed by atoms with van der Waals surface area (Å²) in [5.74, 6) is -0.241. The van der Waals surface area contributed by atoms with E-state index in [2.05, 4.69) is 75.8 Å². The van der Waals surface area contributed by atoms with Crippen LogP contribution in [-0.4, -0.2) is 169 Å². The van der Waals surface area contributed by atoms with Crippen molar-refractivity contribution < 1.29 is 90.7 Å². The zero-order valence-electron chi connectivity index (χ0n) is 68.4. The van der Waals surface area contributed by atoms with Crippen LogP contribution in [0.4, 0.5) is 0 Å². The van der Waals surface area contributed by atoms with Crippen molar-refractivity contribution in [2.45, 2.75) is 392 Å². The van der Waals surface area contributed by atoms with Crippen molar-refractivity contribution in [1.82, 2.24) is 10.6 Å². The first-order valence-corrected chi connectivity index (χ1v) is 43.0. The van der Waals surface area contributed by atoms with Crippen LogP contribution in [0.15, 0.2) is 74.3 Å². The van der Waals surface area contributed by atoms with Crippen LogP contribution in [-0.2, 0) is 75.1 Å². The van der Waals surface area contributed by atoms with Gasteiger partial charge in [0.05, 0.1) is 51.2 Å². The number of ether oxygens (including phenoxy) is 10. The van der Waals surface area contributed by atoms with Gasteiger partial charge in [0.1, 0.15) is 48.7 Å². The molecular weight excluding hydrogens is 1380 g/mol. The highest BCUT2D eigenvalue weighted by atomic mass is 31.2. The van der Waals surface area contributed by atoms with Gasteiger partial charge in [-0.05, 0) is 104 Å². The summed E-state index contributed by atoms with van der Waals surface area (Å²) in [6, 6.07) is -1.50. The Hall–Kier alpha value is -3.35. The van der Waals surface area contributed by atoms with E-state index in [9.17, 15) is 19.3 Å². The van der Waals surface area contributed by atoms with E-state index in [0.717, 1.165) is 83.5 Å². The number of nitrogens with one attached hydrogen (secondary N) is 2. The average molecular weight is 1550 g/mol. The molecule has 0 aliphatic carbocycles. The molecule has 2 aliphatic heterocycles. The number of hydrogen-bond donors (Lipinski definition) is 5. The maximum Gasteiger partial charge on any atom is 0.475 e. The minimum Gasteiger partial charge on any atom is -0.471 e. The summed E-state index contributed by atoms with van der Waals surface area (Å²) in [6.07, 6.45) is 59.0. The Balaban J connectivity index is 0. The third-order valence-corrected chi connectivity index (χ3v) is 20.5. The van der Waals surface area contributed by atoms with Crippen LogP contribution >= 0.6 is 7.82 Å². The van der Waals surface area contributed by atoms with E-state index in [1.807, 2.05) is 13.8 Å². The molecule has 0 unspecified atom stereocenters. The molecule has 0 spiro atoms. The van der Waals surface area contributed by atoms with Crippen LogP contribution in [0, 0.1) is 0 Å². The lowest BCUT2D eigenvalue weighted by Gasteiger charge is -2.46. The van der Waals surface area contributed by atoms with E-state index in [4.69, 9.17) is 71.5 Å². The molecule has 2 saturated heterocycles. The molecule has 107 heavy (non-hydrogen) atoms. The maximum atomic E-state index is 14.0. The van der Waals surface area contributed by atoms with Gasteiger partial charge in [-0.3, -0.25) is 33.7 Å². The molecular formula is C85H161N2O19P. The molecule has 630 valence electrons. The minimum atomic E-state index is -4.20. The summed E-state index contributed by atoms with van der Waals surface area (Å²) in [5.41, 5.74) is 0. The molecule has 0 aromatic carbocycles. The van der Waals surface area contributed by atoms with Gasteiger partial charge in [0.2, 0.25) is 24.4 Å². The molecule has 12 atom stereocenters. The van der Waals surface area contributed by atoms with Crippen LogP contribution in [0.5, 0.6) is 0 Å². The predicted octanol–water partition coefficient (Wildman–Crippen LogP) is 21.1. The van der Waals surface area contributed by atoms with Crippen LogP contribution < -0.4 is 10.6 Å². The van der Waals surface area contributed by atoms with E-state index in [1.54, 1.807) is 39.7 Å². The van der Waals surface area contributed by atoms with Gasteiger partial charge in [0, 0.05) is 54.5 Å². The third-order valence-electron chi connectivity index (χ3n) is 19.0. The van der Waals surface area contributed by atoms with E-state index in [-0.39, 0.29) is 64.5 Å². The SMILES string of the molecule is C.C/C=C\O[C@H]1O[C@H](COC)[C@@H](O)[C@H](OCC[C@@H](CCCCCCC)OC)[C@H]1NC(=O)CCCCCCCCC/C=C\CCCCCC.C=CCOP(=O)(OCC=C)O[C@H]1[C@H](OCC[C@@H](CCCCCCC)OC)[C@@H](NC(=O)CCCCCCCCC/C=C\CCCCCC)[C@@H](O/C=C\C)O[C@@H]1COC.OO. The molecule has 2 aliphatic rings. The van der Waals surface area contributed by atoms with Gasteiger partial charge in [-0.25, -0.2) is 4.57 Å². The van der Waals surface area contributed by atoms with E-state index < -0.39 is 69.1 Å². The lowest BCUT2D eigenvalue weighted by Crippen LogP contribution is -2.66. The first-order valence-electron chi connectivity index (χ1n) is 41.5. The monoisotopic (exact) mass is 1550 g/mol. The van der Waals surface area contributed by atoms with E-state index >= 15 is 0 Å². The van der Waals surface area contributed by atoms with Gasteiger partial charge < -0.3 is 63.1 Å². The molecule has 0 aromatic heterocycles. The molecule has 0 radical (unpaired) electrons. The number of phosphoric ester groups is 1. The molecule has 2 amide bonds. The summed E-state index contributed by atoms with van der Waals surface area (Å²) < 4.78 is 91.1. The molecule has 2 fully saturated rings. The van der Waals surface area contributed by atoms with Crippen LogP contribution in [0.1, 0.15) is 319 Å². The van der Waals surface area contributed by atoms with Gasteiger partial charge in [-0.1, -0.05) is 251 Å². The largest absolute Gasteiger partial charge is 0.475 e. The molecule has 21 nitrogen and oxygen atoms in total. The second-order valence-electron chi connectivity index (χ2n) is 28.1. The first kappa shape index (κ1) is 106. The normalized spacial score (nSPS) is 20.8. The van der Waals surface area contributed by atoms with Crippen molar-refractivity contribution in [3.63, 3.8) is 0 Å². The third kappa shape index (κ3) is 54.9. The zero-order valence-corrected chi connectivity index (χ0v) is 69.3. The number of methoxy groups -OCH3 is 4. The number of phosphoric acid groups is 1. The van der Waals surface area contributed by atoms with Crippen molar-refractivity contribution in [2.75, 3.05) is 68.1 Å². The van der Waals surface area contributed by atoms with Gasteiger partial charge in [-0.15, -0.1) is 13.2 Å². The second kappa shape index (κ2) is 76.6. The summed E-state index contributed by atoms with van der Waals surface area (Å²) in [5, 5.41) is 29.5. The van der Waals surface area contributed by atoms with Crippen molar-refractivity contribution in [1.29, 1.82) is 0 Å². The quantitative estimate of drug-likeness (QED) is 0.00947. The fourth-order valence-corrected chi connectivity index (χ4v) is 14.3. The summed E-state index contributed by atoms with van der Waals surface area (Å²) in [7, 11) is 2.36. The predicted molar refractivity (Wildman–Crippen MR) is 435 cm³/mol. The Morgan fingerprint density at radius 3 is 1.18 bits per heavy atom. The standard InChI is InChI=1S/C45H82NO10P.C39H73NO7.CH4.H2O2/c1-8-13-15-17-18-19-20-21-22-23-24-25-26-28-30-32-41(47)46-42-44(51-37-33-39(50-7)31-29-27-16-14-9-2)43(40(38-49-6)55-45(42)52-34-10-3)56-57(48,53-35-11-4)54-36-12-5;1-6-9-11-13-14-15-16-17-18-19-20-21-22-24-26-28-35(41)40-36-38(37(42)34(32-43-4)47-39(36)46-30-8-3)45-31-29-33(44-5)27-25-23-12-10-7-2;;1-2/h10-12,19-20,34,39-40,42-45H,4-5,8-9,13-18,21-33,35-38H2,1-3,6-7H3,(H,46,47);8,15-16,30,33-34,36-39,42H,6-7,9-14,17-29,31-32H2,1-5H3,(H,40,41);1H4;1-2H/b20-19-,34-10-;16-15-,30-8-;;/t39-,40-,42-,43-,44-,45+;33-,34-,36-,37-,38-,39+;;/m11../s1. The molecule has 0 bridgehead atoms. The lowest BCUT2D eigenvalue weighted by molar-refractivity contribution is -0.265. The first-order chi connectivity index (χ1) is 51.8. The van der Waals surface area contributed by atoms with Gasteiger partial charge >= 0.3 is 7.82 Å². The highest BCUT2D eigenvalue weighted by molar-refractivity contribution is 7.48. The van der Waals surface area contributed by atoms with Gasteiger partial charge in [-0.2, -0.15) is 0 Å². The van der Waals surface area contributed by atoms with Gasteiger partial charge in [0.25, 0.3) is 0 Å². The van der Waals surface area contributed by atoms with Crippen molar-refractivity contribution >= 4 is 19.6 Å². The highest BCUT2D eigenvalue weighted by Crippen LogP contribution is 2.52. The maximum absolute atomic E-state index is 14.0. The number of aliphatic hydroxyl groups excluding tert-OH is 1. The molecule has 2 heterocycles. The minimum absolute atomic E-state index is 0. The summed E-state index contributed by atoms with van der Waals surface area (Å²) in [4.78, 5) is 26.7. The number of carbonyl (C=O) groups excluding carboxylic acids is 2. The Bertz CT molecular complexity index is 2160. The Kier molecular flexibility index (Phi) is 75.7. The highest BCUT2D eigenvalue weighted by Gasteiger charge is 2.52. The Morgan fingerprint density at radius 2 is 0.804 bits per heavy atom. The molecule has 5 N–H and O–H groups in total. The van der Waals surface area contributed by atoms with Gasteiger partial charge in [0.15, 0.2) is 0 Å². The number of allylic oxidation sites excluding steroid dienone is 6. The summed E-state index contributed by atoms with van der Waals surface area (Å²) >= 11 is 0. The van der Waals surface area contributed by atoms with Crippen LogP contribution in [0.3, 0.4) is 0 Å².